The van der Waals surface area contributed by atoms with E-state index in [1.165, 1.54) is 6.08 Å². The van der Waals surface area contributed by atoms with Gasteiger partial charge in [0.15, 0.2) is 0 Å². The van der Waals surface area contributed by atoms with Gasteiger partial charge in [-0.3, -0.25) is 0 Å². The molecule has 0 aliphatic rings. The lowest BCUT2D eigenvalue weighted by atomic mass is 10.2. The van der Waals surface area contributed by atoms with E-state index in [0.29, 0.717) is 12.4 Å². The minimum atomic E-state index is -0.984. The van der Waals surface area contributed by atoms with Crippen LogP contribution >= 0.6 is 27.3 Å². The molecule has 0 fully saturated rings. The highest BCUT2D eigenvalue weighted by molar-refractivity contribution is 9.10. The van der Waals surface area contributed by atoms with Crippen LogP contribution in [0.2, 0.25) is 0 Å². The normalized spacial score (nSPS) is 11.0. The Balaban J connectivity index is 2.06. The summed E-state index contributed by atoms with van der Waals surface area (Å²) in [4.78, 5) is 15.0. The monoisotopic (exact) mass is 367 g/mol. The summed E-state index contributed by atoms with van der Waals surface area (Å²) in [6.45, 7) is 2.47. The Morgan fingerprint density at radius 2 is 2.33 bits per heavy atom. The summed E-state index contributed by atoms with van der Waals surface area (Å²) in [5.41, 5.74) is 1.66. The van der Waals surface area contributed by atoms with E-state index in [2.05, 4.69) is 27.8 Å². The molecular formula is C15H14BrNO3S. The van der Waals surface area contributed by atoms with Crippen LogP contribution in [0, 0.1) is 0 Å². The van der Waals surface area contributed by atoms with Gasteiger partial charge in [0.2, 0.25) is 0 Å². The number of hydrogen-bond donors (Lipinski definition) is 1. The predicted molar refractivity (Wildman–Crippen MR) is 86.6 cm³/mol. The lowest BCUT2D eigenvalue weighted by Crippen LogP contribution is -1.96. The van der Waals surface area contributed by atoms with Crippen molar-refractivity contribution in [1.82, 2.24) is 4.98 Å². The Kier molecular flexibility index (Phi) is 5.52. The average Bonchev–Trinajstić information content (AvgIpc) is 2.93. The summed E-state index contributed by atoms with van der Waals surface area (Å²) < 4.78 is 6.51. The number of ether oxygens (including phenoxy) is 1. The Hall–Kier alpha value is -1.66. The summed E-state index contributed by atoms with van der Waals surface area (Å²) in [5.74, 6) is -0.308. The van der Waals surface area contributed by atoms with Crippen molar-refractivity contribution in [3.63, 3.8) is 0 Å². The summed E-state index contributed by atoms with van der Waals surface area (Å²) in [7, 11) is 0. The molecule has 0 spiro atoms. The van der Waals surface area contributed by atoms with Crippen LogP contribution in [0.5, 0.6) is 5.75 Å². The summed E-state index contributed by atoms with van der Waals surface area (Å²) in [5, 5.41) is 11.8. The van der Waals surface area contributed by atoms with Crippen LogP contribution in [0.25, 0.3) is 6.08 Å². The van der Waals surface area contributed by atoms with Crippen LogP contribution in [0.15, 0.2) is 34.1 Å². The van der Waals surface area contributed by atoms with Crippen LogP contribution in [-0.2, 0) is 17.8 Å². The summed E-state index contributed by atoms with van der Waals surface area (Å²) >= 11 is 5.01. The maximum absolute atomic E-state index is 10.6. The van der Waals surface area contributed by atoms with Crippen molar-refractivity contribution >= 4 is 39.3 Å². The molecule has 110 valence electrons. The van der Waals surface area contributed by atoms with Gasteiger partial charge in [-0.2, -0.15) is 0 Å². The third-order valence-corrected chi connectivity index (χ3v) is 4.43. The molecule has 1 heterocycles. The van der Waals surface area contributed by atoms with E-state index in [0.717, 1.165) is 33.2 Å². The molecule has 6 heteroatoms. The number of carboxylic acid groups (broad SMARTS) is 1. The molecule has 21 heavy (non-hydrogen) atoms. The van der Waals surface area contributed by atoms with Crippen molar-refractivity contribution in [2.45, 2.75) is 20.0 Å². The molecule has 0 amide bonds. The molecule has 0 unspecified atom stereocenters. The van der Waals surface area contributed by atoms with Gasteiger partial charge in [-0.05, 0) is 36.3 Å². The molecule has 1 aromatic carbocycles. The molecular weight excluding hydrogens is 354 g/mol. The third-order valence-electron chi connectivity index (χ3n) is 2.66. The largest absolute Gasteiger partial charge is 0.487 e. The average molecular weight is 368 g/mol. The second-order valence-electron chi connectivity index (χ2n) is 4.23. The fourth-order valence-electron chi connectivity index (χ4n) is 1.64. The van der Waals surface area contributed by atoms with E-state index in [1.807, 2.05) is 17.5 Å². The van der Waals surface area contributed by atoms with Gasteiger partial charge >= 0.3 is 5.97 Å². The van der Waals surface area contributed by atoms with Crippen molar-refractivity contribution in [2.24, 2.45) is 0 Å². The Labute approximate surface area is 135 Å². The number of hydrogen-bond acceptors (Lipinski definition) is 4. The number of benzene rings is 1. The molecule has 2 aromatic rings. The molecule has 0 atom stereocenters. The molecule has 4 nitrogen and oxygen atoms in total. The maximum Gasteiger partial charge on any atom is 0.328 e. The van der Waals surface area contributed by atoms with Gasteiger partial charge in [0.1, 0.15) is 12.4 Å². The topological polar surface area (TPSA) is 59.4 Å². The molecule has 0 radical (unpaired) electrons. The lowest BCUT2D eigenvalue weighted by Gasteiger charge is -2.06. The molecule has 1 aromatic heterocycles. The first-order valence-electron chi connectivity index (χ1n) is 6.35. The number of aromatic nitrogens is 1. The second-order valence-corrected chi connectivity index (χ2v) is 6.03. The first-order valence-corrected chi connectivity index (χ1v) is 8.02. The summed E-state index contributed by atoms with van der Waals surface area (Å²) in [6.07, 6.45) is 3.54. The van der Waals surface area contributed by atoms with Crippen LogP contribution in [0.1, 0.15) is 23.2 Å². The van der Waals surface area contributed by atoms with E-state index in [4.69, 9.17) is 9.84 Å². The SMILES string of the molecule is CCc1nc(COc2ccc(Br)c(/C=C/C(=O)O)c2)cs1. The molecule has 2 rings (SSSR count). The maximum atomic E-state index is 10.6. The highest BCUT2D eigenvalue weighted by atomic mass is 79.9. The zero-order valence-corrected chi connectivity index (χ0v) is 13.8. The minimum Gasteiger partial charge on any atom is -0.487 e. The fourth-order valence-corrected chi connectivity index (χ4v) is 2.74. The fraction of sp³-hybridized carbons (Fsp3) is 0.200. The first-order chi connectivity index (χ1) is 10.1. The standard InChI is InChI=1S/C15H14BrNO3S/c1-2-14-17-11(9-21-14)8-20-12-4-5-13(16)10(7-12)3-6-15(18)19/h3-7,9H,2,8H2,1H3,(H,18,19)/b6-3+. The van der Waals surface area contributed by atoms with Crippen molar-refractivity contribution < 1.29 is 14.6 Å². The zero-order valence-electron chi connectivity index (χ0n) is 11.4. The Morgan fingerprint density at radius 1 is 1.52 bits per heavy atom. The van der Waals surface area contributed by atoms with Gasteiger partial charge in [0.05, 0.1) is 10.7 Å². The van der Waals surface area contributed by atoms with Crippen LogP contribution < -0.4 is 4.74 Å². The van der Waals surface area contributed by atoms with Crippen molar-refractivity contribution in [3.05, 3.63) is 50.4 Å². The van der Waals surface area contributed by atoms with Gasteiger partial charge in [-0.15, -0.1) is 11.3 Å². The number of thiazole rings is 1. The number of carboxylic acids is 1. The van der Waals surface area contributed by atoms with E-state index in [1.54, 1.807) is 17.4 Å². The van der Waals surface area contributed by atoms with Crippen molar-refractivity contribution in [3.8, 4) is 5.75 Å². The summed E-state index contributed by atoms with van der Waals surface area (Å²) in [6, 6.07) is 5.45. The number of aryl methyl sites for hydroxylation is 1. The van der Waals surface area contributed by atoms with E-state index < -0.39 is 5.97 Å². The quantitative estimate of drug-likeness (QED) is 0.779. The van der Waals surface area contributed by atoms with E-state index in [9.17, 15) is 4.79 Å². The third kappa shape index (κ3) is 4.68. The molecule has 0 saturated carbocycles. The van der Waals surface area contributed by atoms with E-state index in [-0.39, 0.29) is 0 Å². The highest BCUT2D eigenvalue weighted by Gasteiger charge is 2.04. The highest BCUT2D eigenvalue weighted by Crippen LogP contribution is 2.24. The van der Waals surface area contributed by atoms with Gasteiger partial charge < -0.3 is 9.84 Å². The number of aliphatic carboxylic acids is 1. The number of nitrogens with zero attached hydrogens (tertiary/aromatic N) is 1. The van der Waals surface area contributed by atoms with Gasteiger partial charge in [0, 0.05) is 15.9 Å². The van der Waals surface area contributed by atoms with Crippen LogP contribution in [0.3, 0.4) is 0 Å². The molecule has 1 N–H and O–H groups in total. The Morgan fingerprint density at radius 3 is 3.00 bits per heavy atom. The zero-order chi connectivity index (χ0) is 15.2. The molecule has 0 saturated heterocycles. The number of carbonyl (C=O) groups is 1. The lowest BCUT2D eigenvalue weighted by molar-refractivity contribution is -0.131. The smallest absolute Gasteiger partial charge is 0.328 e. The van der Waals surface area contributed by atoms with Crippen molar-refractivity contribution in [2.75, 3.05) is 0 Å². The second kappa shape index (κ2) is 7.38. The van der Waals surface area contributed by atoms with Gasteiger partial charge in [-0.25, -0.2) is 9.78 Å². The Bertz CT molecular complexity index is 667. The van der Waals surface area contributed by atoms with Crippen LogP contribution in [-0.4, -0.2) is 16.1 Å². The first kappa shape index (κ1) is 15.7. The number of rotatable bonds is 6. The molecule has 0 aliphatic heterocycles. The molecule has 0 bridgehead atoms. The van der Waals surface area contributed by atoms with Gasteiger partial charge in [0.25, 0.3) is 0 Å². The number of halogens is 1. The minimum absolute atomic E-state index is 0.403. The van der Waals surface area contributed by atoms with Crippen molar-refractivity contribution in [1.29, 1.82) is 0 Å². The van der Waals surface area contributed by atoms with Crippen LogP contribution in [0.4, 0.5) is 0 Å². The predicted octanol–water partition coefficient (Wildman–Crippen LogP) is 4.14. The molecule has 0 aliphatic carbocycles. The van der Waals surface area contributed by atoms with E-state index >= 15 is 0 Å². The van der Waals surface area contributed by atoms with Gasteiger partial charge in [-0.1, -0.05) is 22.9 Å².